The van der Waals surface area contributed by atoms with Crippen molar-refractivity contribution in [3.63, 3.8) is 0 Å². The summed E-state index contributed by atoms with van der Waals surface area (Å²) in [4.78, 5) is 31.7. The smallest absolute Gasteiger partial charge is 0.255 e. The first-order chi connectivity index (χ1) is 22.3. The molecule has 10 nitrogen and oxygen atoms in total. The number of fused-ring (bicyclic) bond motifs is 16. The van der Waals surface area contributed by atoms with Gasteiger partial charge in [-0.25, -0.2) is 0 Å². The van der Waals surface area contributed by atoms with Gasteiger partial charge in [-0.3, -0.25) is 9.59 Å². The van der Waals surface area contributed by atoms with Gasteiger partial charge in [-0.2, -0.15) is 0 Å². The molecule has 1 saturated heterocycles. The molecule has 6 rings (SSSR count). The summed E-state index contributed by atoms with van der Waals surface area (Å²) in [5.74, 6) is -0.574. The highest BCUT2D eigenvalue weighted by Gasteiger charge is 2.21. The van der Waals surface area contributed by atoms with Gasteiger partial charge < -0.3 is 39.4 Å². The predicted octanol–water partition coefficient (Wildman–Crippen LogP) is 5.20. The molecular formula is C36H46N4O6. The van der Waals surface area contributed by atoms with Gasteiger partial charge in [0.15, 0.2) is 0 Å². The lowest BCUT2D eigenvalue weighted by molar-refractivity contribution is 0.0436. The van der Waals surface area contributed by atoms with Crippen LogP contribution in [0.5, 0.6) is 0 Å². The number of nitrogens with one attached hydrogen (secondary N) is 2. The quantitative estimate of drug-likeness (QED) is 0.350. The minimum Gasteiger partial charge on any atom is -0.377 e. The van der Waals surface area contributed by atoms with Crippen LogP contribution in [0.25, 0.3) is 0 Å². The third kappa shape index (κ3) is 9.53. The van der Waals surface area contributed by atoms with Crippen molar-refractivity contribution >= 4 is 34.6 Å². The van der Waals surface area contributed by atoms with Crippen LogP contribution in [0.1, 0.15) is 47.1 Å². The second kappa shape index (κ2) is 16.0. The Bertz CT molecular complexity index is 1350. The van der Waals surface area contributed by atoms with Crippen LogP contribution in [0, 0.1) is 0 Å². The van der Waals surface area contributed by atoms with E-state index in [4.69, 9.17) is 18.9 Å². The first-order valence-electron chi connectivity index (χ1n) is 16.1. The van der Waals surface area contributed by atoms with Gasteiger partial charge in [0.2, 0.25) is 0 Å². The Morgan fingerprint density at radius 2 is 0.935 bits per heavy atom. The number of carbonyl (C=O) groups is 2. The zero-order valence-electron chi connectivity index (χ0n) is 27.2. The van der Waals surface area contributed by atoms with Crippen LogP contribution >= 0.6 is 0 Å². The summed E-state index contributed by atoms with van der Waals surface area (Å²) in [5.41, 5.74) is 4.63. The molecule has 10 heteroatoms. The molecule has 0 radical (unpaired) electrons. The van der Waals surface area contributed by atoms with Crippen LogP contribution in [-0.4, -0.2) is 90.8 Å². The number of carbonyl (C=O) groups excluding carboxylic acids is 2. The lowest BCUT2D eigenvalue weighted by Crippen LogP contribution is -2.33. The molecule has 0 aliphatic carbocycles. The van der Waals surface area contributed by atoms with Crippen molar-refractivity contribution in [2.45, 2.75) is 26.2 Å². The zero-order chi connectivity index (χ0) is 32.4. The topological polar surface area (TPSA) is 102 Å². The number of rotatable bonds is 0. The third-order valence-corrected chi connectivity index (χ3v) is 8.03. The molecule has 3 aromatic rings. The zero-order valence-corrected chi connectivity index (χ0v) is 27.2. The van der Waals surface area contributed by atoms with E-state index in [2.05, 4.69) is 41.2 Å². The number of amides is 2. The number of ether oxygens (including phenoxy) is 4. The average Bonchev–Trinajstić information content (AvgIpc) is 3.04. The number of benzene rings is 3. The Kier molecular flexibility index (Phi) is 11.7. The summed E-state index contributed by atoms with van der Waals surface area (Å²) in [7, 11) is 0. The Morgan fingerprint density at radius 1 is 0.543 bits per heavy atom. The molecule has 0 spiro atoms. The molecule has 8 bridgehead atoms. The summed E-state index contributed by atoms with van der Waals surface area (Å²) < 4.78 is 23.7. The molecule has 246 valence electrons. The van der Waals surface area contributed by atoms with Crippen LogP contribution < -0.4 is 20.4 Å². The standard InChI is InChI=1S/C36H46N4O6/c1-36(2,3)29-23-27-22-28(24-29)35(42)38-31-7-5-9-33(26-31)40-12-16-45-20-18-43-14-10-39(11-15-44-19-21-46-17-13-40)32-8-4-6-30(25-32)37-34(27)41/h4-9,22-26H,10-21H2,1-3H3,(H,37,41)(H,38,42). The minimum absolute atomic E-state index is 0.284. The van der Waals surface area contributed by atoms with Crippen molar-refractivity contribution in [1.82, 2.24) is 0 Å². The number of hydrogen-bond donors (Lipinski definition) is 2. The molecule has 3 aromatic carbocycles. The van der Waals surface area contributed by atoms with Crippen LogP contribution in [0.15, 0.2) is 66.7 Å². The Morgan fingerprint density at radius 3 is 1.30 bits per heavy atom. The van der Waals surface area contributed by atoms with E-state index >= 15 is 0 Å². The van der Waals surface area contributed by atoms with Gasteiger partial charge in [0.1, 0.15) is 0 Å². The van der Waals surface area contributed by atoms with Crippen molar-refractivity contribution in [2.75, 3.05) is 99.5 Å². The Balaban J connectivity index is 1.53. The lowest BCUT2D eigenvalue weighted by atomic mass is 9.85. The SMILES string of the molecule is CC(C)(C)c1cc2cc(c1)C(=O)Nc1cccc(c1)N1CCOCCOCCN(CCOCCOCC1)c1cccc(c1)NC2=O. The van der Waals surface area contributed by atoms with Crippen molar-refractivity contribution in [1.29, 1.82) is 0 Å². The van der Waals surface area contributed by atoms with Gasteiger partial charge in [-0.1, -0.05) is 32.9 Å². The van der Waals surface area contributed by atoms with E-state index in [1.54, 1.807) is 6.07 Å². The maximum Gasteiger partial charge on any atom is 0.255 e. The van der Waals surface area contributed by atoms with E-state index in [1.165, 1.54) is 0 Å². The monoisotopic (exact) mass is 630 g/mol. The van der Waals surface area contributed by atoms with E-state index in [1.807, 2.05) is 60.7 Å². The number of anilines is 4. The maximum atomic E-state index is 13.7. The highest BCUT2D eigenvalue weighted by Crippen LogP contribution is 2.27. The molecule has 1 fully saturated rings. The second-order valence-corrected chi connectivity index (χ2v) is 12.5. The minimum atomic E-state index is -0.287. The van der Waals surface area contributed by atoms with Crippen molar-refractivity contribution in [3.8, 4) is 0 Å². The van der Waals surface area contributed by atoms with Crippen molar-refractivity contribution in [2.24, 2.45) is 0 Å². The van der Waals surface area contributed by atoms with E-state index in [-0.39, 0.29) is 17.2 Å². The molecule has 0 saturated carbocycles. The largest absolute Gasteiger partial charge is 0.377 e. The van der Waals surface area contributed by atoms with Gasteiger partial charge in [0, 0.05) is 60.1 Å². The summed E-state index contributed by atoms with van der Waals surface area (Å²) in [6.07, 6.45) is 0. The highest BCUT2D eigenvalue weighted by atomic mass is 16.5. The fourth-order valence-corrected chi connectivity index (χ4v) is 5.37. The number of hydrogen-bond acceptors (Lipinski definition) is 8. The molecule has 2 N–H and O–H groups in total. The summed E-state index contributed by atoms with van der Waals surface area (Å²) >= 11 is 0. The third-order valence-electron chi connectivity index (χ3n) is 8.03. The Hall–Kier alpha value is -3.96. The van der Waals surface area contributed by atoms with Crippen LogP contribution in [0.3, 0.4) is 0 Å². The van der Waals surface area contributed by atoms with E-state index in [9.17, 15) is 9.59 Å². The molecule has 46 heavy (non-hydrogen) atoms. The normalized spacial score (nSPS) is 18.2. The average molecular weight is 631 g/mol. The maximum absolute atomic E-state index is 13.7. The predicted molar refractivity (Wildman–Crippen MR) is 182 cm³/mol. The summed E-state index contributed by atoms with van der Waals surface area (Å²) in [5, 5.41) is 6.10. The van der Waals surface area contributed by atoms with Gasteiger partial charge in [0.25, 0.3) is 11.8 Å². The van der Waals surface area contributed by atoms with Crippen molar-refractivity contribution < 1.29 is 28.5 Å². The number of nitrogens with zero attached hydrogens (tertiary/aromatic N) is 2. The van der Waals surface area contributed by atoms with E-state index < -0.39 is 0 Å². The molecule has 3 aliphatic rings. The molecule has 3 aliphatic heterocycles. The van der Waals surface area contributed by atoms with E-state index in [0.29, 0.717) is 102 Å². The van der Waals surface area contributed by atoms with E-state index in [0.717, 1.165) is 16.9 Å². The van der Waals surface area contributed by atoms with Gasteiger partial charge in [-0.05, 0) is 65.6 Å². The fraction of sp³-hybridized carbons (Fsp3) is 0.444. The first kappa shape index (κ1) is 33.4. The molecule has 2 amide bonds. The van der Waals surface area contributed by atoms with Crippen LogP contribution in [0.2, 0.25) is 0 Å². The molecule has 0 atom stereocenters. The Labute approximate surface area is 271 Å². The lowest BCUT2D eigenvalue weighted by Gasteiger charge is -2.26. The van der Waals surface area contributed by atoms with Crippen LogP contribution in [0.4, 0.5) is 22.7 Å². The van der Waals surface area contributed by atoms with Gasteiger partial charge >= 0.3 is 0 Å². The molecule has 3 heterocycles. The molecule has 0 aromatic heterocycles. The first-order valence-corrected chi connectivity index (χ1v) is 16.1. The second-order valence-electron chi connectivity index (χ2n) is 12.5. The summed E-state index contributed by atoms with van der Waals surface area (Å²) in [6, 6.07) is 20.9. The molecular weight excluding hydrogens is 584 g/mol. The van der Waals surface area contributed by atoms with Crippen molar-refractivity contribution in [3.05, 3.63) is 83.4 Å². The molecule has 0 unspecified atom stereocenters. The van der Waals surface area contributed by atoms with Crippen LogP contribution in [-0.2, 0) is 24.4 Å². The van der Waals surface area contributed by atoms with Gasteiger partial charge in [-0.15, -0.1) is 0 Å². The fourth-order valence-electron chi connectivity index (χ4n) is 5.37. The highest BCUT2D eigenvalue weighted by molar-refractivity contribution is 6.09. The van der Waals surface area contributed by atoms with Gasteiger partial charge in [0.05, 0.1) is 52.9 Å². The summed E-state index contributed by atoms with van der Waals surface area (Å²) in [6.45, 7) is 12.8.